The van der Waals surface area contributed by atoms with Gasteiger partial charge in [0, 0.05) is 22.5 Å². The minimum atomic E-state index is -0.241. The number of benzene rings is 9. The number of hydrogen-bond donors (Lipinski definition) is 0. The summed E-state index contributed by atoms with van der Waals surface area (Å²) in [6, 6.07) is 61.4. The lowest BCUT2D eigenvalue weighted by atomic mass is 9.79. The number of para-hydroxylation sites is 2. The van der Waals surface area contributed by atoms with Crippen molar-refractivity contribution < 1.29 is 0 Å². The monoisotopic (exact) mass is 743 g/mol. The van der Waals surface area contributed by atoms with E-state index in [2.05, 4.69) is 210 Å². The summed E-state index contributed by atoms with van der Waals surface area (Å²) in [4.78, 5) is 2.39. The largest absolute Gasteiger partial charge is 0.310 e. The molecule has 0 fully saturated rings. The fourth-order valence-corrected chi connectivity index (χ4v) is 10.4. The Labute approximate surface area is 341 Å². The lowest BCUT2D eigenvalue weighted by Crippen LogP contribution is -2.16. The second kappa shape index (κ2) is 12.7. The van der Waals surface area contributed by atoms with Crippen LogP contribution in [0.25, 0.3) is 77.2 Å². The Bertz CT molecular complexity index is 3130. The van der Waals surface area contributed by atoms with Crippen molar-refractivity contribution in [2.75, 3.05) is 4.90 Å². The maximum atomic E-state index is 2.59. The van der Waals surface area contributed by atoms with Gasteiger partial charge < -0.3 is 4.90 Å². The van der Waals surface area contributed by atoms with Crippen LogP contribution < -0.4 is 4.90 Å². The zero-order valence-corrected chi connectivity index (χ0v) is 34.0. The summed E-state index contributed by atoms with van der Waals surface area (Å²) >= 11 is 0. The molecular weight excluding hydrogens is 699 g/mol. The summed E-state index contributed by atoms with van der Waals surface area (Å²) in [7, 11) is 0. The van der Waals surface area contributed by atoms with Gasteiger partial charge in [-0.15, -0.1) is 0 Å². The second-order valence-electron chi connectivity index (χ2n) is 17.1. The van der Waals surface area contributed by atoms with E-state index >= 15 is 0 Å². The van der Waals surface area contributed by atoms with Crippen molar-refractivity contribution in [2.24, 2.45) is 0 Å². The first-order chi connectivity index (χ1) is 28.2. The molecule has 278 valence electrons. The Hall–Kier alpha value is -6.70. The molecule has 0 amide bonds. The average Bonchev–Trinajstić information content (AvgIpc) is 3.68. The van der Waals surface area contributed by atoms with Gasteiger partial charge in [-0.25, -0.2) is 0 Å². The van der Waals surface area contributed by atoms with E-state index in [0.29, 0.717) is 0 Å². The Morgan fingerprint density at radius 2 is 0.879 bits per heavy atom. The zero-order valence-electron chi connectivity index (χ0n) is 34.0. The predicted molar refractivity (Wildman–Crippen MR) is 248 cm³/mol. The van der Waals surface area contributed by atoms with Crippen LogP contribution in [0.4, 0.5) is 17.1 Å². The zero-order chi connectivity index (χ0) is 39.4. The smallest absolute Gasteiger partial charge is 0.0465 e. The van der Waals surface area contributed by atoms with Crippen LogP contribution in [-0.2, 0) is 5.41 Å². The number of hydrogen-bond acceptors (Lipinski definition) is 1. The van der Waals surface area contributed by atoms with Crippen LogP contribution in [0.3, 0.4) is 0 Å². The predicted octanol–water partition coefficient (Wildman–Crippen LogP) is 16.0. The molecule has 11 rings (SSSR count). The van der Waals surface area contributed by atoms with Gasteiger partial charge in [0.1, 0.15) is 0 Å². The lowest BCUT2D eigenvalue weighted by Gasteiger charge is -2.28. The standard InChI is InChI=1S/C57H45N/c1-34-24-26-36(3)46(30-34)53-41-20-13-14-21-42(41)54(47-31-35(2)25-27-37(47)4)56-48-33-50-52(44-22-15-23-45(51(44)48)55(53)56)43-29-28-40(32-49(43)57(50,5)6)58(38-16-9-7-10-17-38)39-18-11-8-12-19-39/h7-33H,1-6H3. The van der Waals surface area contributed by atoms with Gasteiger partial charge in [0.2, 0.25) is 0 Å². The van der Waals surface area contributed by atoms with E-state index < -0.39 is 0 Å². The molecule has 9 aromatic carbocycles. The third-order valence-electron chi connectivity index (χ3n) is 13.1. The molecule has 0 aromatic heterocycles. The molecule has 0 spiro atoms. The highest BCUT2D eigenvalue weighted by molar-refractivity contribution is 6.29. The molecule has 58 heavy (non-hydrogen) atoms. The van der Waals surface area contributed by atoms with E-state index in [9.17, 15) is 0 Å². The van der Waals surface area contributed by atoms with Crippen molar-refractivity contribution in [2.45, 2.75) is 47.0 Å². The van der Waals surface area contributed by atoms with Gasteiger partial charge in [-0.1, -0.05) is 146 Å². The van der Waals surface area contributed by atoms with Crippen molar-refractivity contribution in [1.29, 1.82) is 0 Å². The van der Waals surface area contributed by atoms with Gasteiger partial charge in [0.15, 0.2) is 0 Å². The molecule has 0 saturated carbocycles. The molecular formula is C57H45N. The number of rotatable bonds is 5. The van der Waals surface area contributed by atoms with Gasteiger partial charge >= 0.3 is 0 Å². The summed E-state index contributed by atoms with van der Waals surface area (Å²) in [5.41, 5.74) is 24.6. The highest BCUT2D eigenvalue weighted by Gasteiger charge is 2.41. The molecule has 2 aliphatic rings. The average molecular weight is 744 g/mol. The van der Waals surface area contributed by atoms with E-state index in [4.69, 9.17) is 0 Å². The molecule has 0 radical (unpaired) electrons. The topological polar surface area (TPSA) is 3.24 Å². The molecule has 2 aliphatic carbocycles. The molecule has 0 aliphatic heterocycles. The molecule has 0 N–H and O–H groups in total. The first kappa shape index (κ1) is 34.5. The fourth-order valence-electron chi connectivity index (χ4n) is 10.4. The van der Waals surface area contributed by atoms with Crippen molar-refractivity contribution in [3.05, 3.63) is 197 Å². The van der Waals surface area contributed by atoms with E-state index in [1.54, 1.807) is 0 Å². The fraction of sp³-hybridized carbons (Fsp3) is 0.123. The Morgan fingerprint density at radius 3 is 1.47 bits per heavy atom. The van der Waals surface area contributed by atoms with Crippen LogP contribution in [0.15, 0.2) is 164 Å². The minimum Gasteiger partial charge on any atom is -0.310 e. The molecule has 0 bridgehead atoms. The van der Waals surface area contributed by atoms with Crippen molar-refractivity contribution in [3.8, 4) is 55.6 Å². The van der Waals surface area contributed by atoms with Crippen LogP contribution in [0.1, 0.15) is 47.2 Å². The van der Waals surface area contributed by atoms with Gasteiger partial charge in [-0.05, 0) is 170 Å². The normalized spacial score (nSPS) is 13.1. The second-order valence-corrected chi connectivity index (χ2v) is 17.1. The van der Waals surface area contributed by atoms with Crippen LogP contribution in [-0.4, -0.2) is 0 Å². The Morgan fingerprint density at radius 1 is 0.345 bits per heavy atom. The van der Waals surface area contributed by atoms with E-state index in [1.807, 2.05) is 0 Å². The summed E-state index contributed by atoms with van der Waals surface area (Å²) in [5, 5.41) is 5.32. The number of anilines is 3. The van der Waals surface area contributed by atoms with Gasteiger partial charge in [0.25, 0.3) is 0 Å². The minimum absolute atomic E-state index is 0.241. The lowest BCUT2D eigenvalue weighted by molar-refractivity contribution is 0.661. The number of nitrogens with zero attached hydrogens (tertiary/aromatic N) is 1. The molecule has 9 aromatic rings. The number of fused-ring (bicyclic) bond motifs is 8. The van der Waals surface area contributed by atoms with Crippen molar-refractivity contribution >= 4 is 38.6 Å². The van der Waals surface area contributed by atoms with E-state index in [-0.39, 0.29) is 5.41 Å². The van der Waals surface area contributed by atoms with Crippen LogP contribution in [0.5, 0.6) is 0 Å². The first-order valence-electron chi connectivity index (χ1n) is 20.6. The Balaban J connectivity index is 1.23. The van der Waals surface area contributed by atoms with Crippen molar-refractivity contribution in [1.82, 2.24) is 0 Å². The Kier molecular flexibility index (Phi) is 7.53. The summed E-state index contributed by atoms with van der Waals surface area (Å²) < 4.78 is 0. The first-order valence-corrected chi connectivity index (χ1v) is 20.6. The summed E-state index contributed by atoms with van der Waals surface area (Å²) in [6.07, 6.45) is 0. The maximum absolute atomic E-state index is 2.59. The van der Waals surface area contributed by atoms with Crippen LogP contribution >= 0.6 is 0 Å². The molecule has 0 atom stereocenters. The van der Waals surface area contributed by atoms with Gasteiger partial charge in [-0.3, -0.25) is 0 Å². The molecule has 1 heteroatoms. The van der Waals surface area contributed by atoms with Gasteiger partial charge in [-0.2, -0.15) is 0 Å². The quantitative estimate of drug-likeness (QED) is 0.170. The third kappa shape index (κ3) is 4.89. The molecule has 0 heterocycles. The highest BCUT2D eigenvalue weighted by atomic mass is 15.1. The molecule has 0 saturated heterocycles. The van der Waals surface area contributed by atoms with E-state index in [1.165, 1.54) is 116 Å². The summed E-state index contributed by atoms with van der Waals surface area (Å²) in [5.74, 6) is 0. The maximum Gasteiger partial charge on any atom is 0.0465 e. The van der Waals surface area contributed by atoms with Gasteiger partial charge in [0.05, 0.1) is 0 Å². The number of aryl methyl sites for hydroxylation is 4. The van der Waals surface area contributed by atoms with Crippen LogP contribution in [0, 0.1) is 27.7 Å². The van der Waals surface area contributed by atoms with Crippen LogP contribution in [0.2, 0.25) is 0 Å². The van der Waals surface area contributed by atoms with E-state index in [0.717, 1.165) is 11.4 Å². The SMILES string of the molecule is Cc1ccc(C)c(-c2c3c(c(-c4cc(C)ccc4C)c4ccccc24)-c2cc4c(c5cccc-3c25)-c2ccc(N(c3ccccc3)c3ccccc3)cc2C4(C)C)c1. The highest BCUT2D eigenvalue weighted by Crippen LogP contribution is 2.62. The summed E-state index contributed by atoms with van der Waals surface area (Å²) in [6.45, 7) is 13.9. The molecule has 1 nitrogen and oxygen atoms in total. The molecule has 0 unspecified atom stereocenters. The third-order valence-corrected chi connectivity index (χ3v) is 13.1. The van der Waals surface area contributed by atoms with Crippen molar-refractivity contribution in [3.63, 3.8) is 0 Å².